The van der Waals surface area contributed by atoms with E-state index < -0.39 is 5.97 Å². The third-order valence-corrected chi connectivity index (χ3v) is 3.43. The number of carboxylic acid groups (broad SMARTS) is 1. The van der Waals surface area contributed by atoms with E-state index in [9.17, 15) is 4.79 Å². The Kier molecular flexibility index (Phi) is 4.79. The first-order chi connectivity index (χ1) is 9.54. The van der Waals surface area contributed by atoms with Gasteiger partial charge in [-0.1, -0.05) is 28.9 Å². The highest BCUT2D eigenvalue weighted by molar-refractivity contribution is 6.31. The zero-order chi connectivity index (χ0) is 14.5. The standard InChI is InChI=1S/C15H16ClNO3/c1-10-8-13(17-20-10)5-4-12-9-11(2-6-14(12)16)3-7-15(18)19/h2,6,8-9H,3-5,7H2,1H3,(H,18,19). The molecule has 2 rings (SSSR count). The maximum absolute atomic E-state index is 10.6. The number of hydrogen-bond acceptors (Lipinski definition) is 3. The molecule has 1 aromatic heterocycles. The molecule has 0 aliphatic rings. The summed E-state index contributed by atoms with van der Waals surface area (Å²) in [5.41, 5.74) is 2.90. The number of aromatic nitrogens is 1. The average molecular weight is 294 g/mol. The van der Waals surface area contributed by atoms with Crippen LogP contribution in [0.5, 0.6) is 0 Å². The van der Waals surface area contributed by atoms with Gasteiger partial charge in [0.25, 0.3) is 0 Å². The van der Waals surface area contributed by atoms with Crippen molar-refractivity contribution in [3.8, 4) is 0 Å². The first-order valence-corrected chi connectivity index (χ1v) is 6.83. The number of nitrogens with zero attached hydrogens (tertiary/aromatic N) is 1. The third-order valence-electron chi connectivity index (χ3n) is 3.06. The molecule has 106 valence electrons. The molecule has 0 unspecified atom stereocenters. The third kappa shape index (κ3) is 4.10. The molecule has 0 aliphatic carbocycles. The van der Waals surface area contributed by atoms with E-state index in [0.29, 0.717) is 11.4 Å². The van der Waals surface area contributed by atoms with Crippen LogP contribution in [0.1, 0.15) is 29.0 Å². The second-order valence-corrected chi connectivity index (χ2v) is 5.16. The lowest BCUT2D eigenvalue weighted by atomic mass is 10.0. The molecule has 2 aromatic rings. The zero-order valence-electron chi connectivity index (χ0n) is 11.2. The van der Waals surface area contributed by atoms with Crippen molar-refractivity contribution >= 4 is 17.6 Å². The summed E-state index contributed by atoms with van der Waals surface area (Å²) < 4.78 is 5.02. The van der Waals surface area contributed by atoms with Gasteiger partial charge in [0.1, 0.15) is 5.76 Å². The largest absolute Gasteiger partial charge is 0.481 e. The van der Waals surface area contributed by atoms with Gasteiger partial charge in [-0.25, -0.2) is 0 Å². The second-order valence-electron chi connectivity index (χ2n) is 4.75. The van der Waals surface area contributed by atoms with Crippen LogP contribution in [-0.2, 0) is 24.1 Å². The average Bonchev–Trinajstić information content (AvgIpc) is 2.82. The Morgan fingerprint density at radius 3 is 2.75 bits per heavy atom. The van der Waals surface area contributed by atoms with Crippen LogP contribution in [0.25, 0.3) is 0 Å². The maximum Gasteiger partial charge on any atom is 0.303 e. The van der Waals surface area contributed by atoms with Gasteiger partial charge in [0, 0.05) is 17.5 Å². The molecule has 0 aliphatic heterocycles. The van der Waals surface area contributed by atoms with Crippen LogP contribution in [0.15, 0.2) is 28.8 Å². The minimum absolute atomic E-state index is 0.129. The van der Waals surface area contributed by atoms with E-state index in [1.165, 1.54) is 0 Å². The number of benzene rings is 1. The lowest BCUT2D eigenvalue weighted by Crippen LogP contribution is -1.99. The molecule has 1 N–H and O–H groups in total. The Bertz CT molecular complexity index is 607. The van der Waals surface area contributed by atoms with Crippen molar-refractivity contribution < 1.29 is 14.4 Å². The van der Waals surface area contributed by atoms with E-state index >= 15 is 0 Å². The van der Waals surface area contributed by atoms with E-state index in [2.05, 4.69) is 5.16 Å². The fourth-order valence-corrected chi connectivity index (χ4v) is 2.24. The highest BCUT2D eigenvalue weighted by Crippen LogP contribution is 2.20. The molecule has 1 aromatic carbocycles. The van der Waals surface area contributed by atoms with Crippen molar-refractivity contribution in [3.63, 3.8) is 0 Å². The van der Waals surface area contributed by atoms with E-state index in [0.717, 1.165) is 35.4 Å². The summed E-state index contributed by atoms with van der Waals surface area (Å²) in [5.74, 6) is 0.000813. The van der Waals surface area contributed by atoms with Crippen LogP contribution in [-0.4, -0.2) is 16.2 Å². The Morgan fingerprint density at radius 1 is 1.30 bits per heavy atom. The van der Waals surface area contributed by atoms with Crippen LogP contribution in [0.2, 0.25) is 5.02 Å². The molecule has 0 fully saturated rings. The summed E-state index contributed by atoms with van der Waals surface area (Å²) in [5, 5.41) is 13.4. The molecule has 0 atom stereocenters. The monoisotopic (exact) mass is 293 g/mol. The summed E-state index contributed by atoms with van der Waals surface area (Å²) in [4.78, 5) is 10.6. The van der Waals surface area contributed by atoms with Gasteiger partial charge in [-0.2, -0.15) is 0 Å². The van der Waals surface area contributed by atoms with Gasteiger partial charge in [-0.15, -0.1) is 0 Å². The number of aliphatic carboxylic acids is 1. The number of aryl methyl sites for hydroxylation is 4. The fourth-order valence-electron chi connectivity index (χ4n) is 2.02. The first-order valence-electron chi connectivity index (χ1n) is 6.46. The molecular formula is C15H16ClNO3. The Labute approximate surface area is 122 Å². The Morgan fingerprint density at radius 2 is 2.10 bits per heavy atom. The lowest BCUT2D eigenvalue weighted by molar-refractivity contribution is -0.136. The van der Waals surface area contributed by atoms with Crippen LogP contribution in [0, 0.1) is 6.92 Å². The first kappa shape index (κ1) is 14.6. The quantitative estimate of drug-likeness (QED) is 0.886. The van der Waals surface area contributed by atoms with Crippen molar-refractivity contribution in [3.05, 3.63) is 51.9 Å². The summed E-state index contributed by atoms with van der Waals surface area (Å²) >= 11 is 6.17. The minimum atomic E-state index is -0.792. The van der Waals surface area contributed by atoms with E-state index in [1.54, 1.807) is 0 Å². The zero-order valence-corrected chi connectivity index (χ0v) is 12.0. The molecule has 0 saturated carbocycles. The summed E-state index contributed by atoms with van der Waals surface area (Å²) in [6.45, 7) is 1.86. The predicted molar refractivity (Wildman–Crippen MR) is 76.1 cm³/mol. The number of carboxylic acids is 1. The molecule has 20 heavy (non-hydrogen) atoms. The Hall–Kier alpha value is -1.81. The molecule has 0 saturated heterocycles. The summed E-state index contributed by atoms with van der Waals surface area (Å²) in [7, 11) is 0. The molecule has 5 heteroatoms. The number of rotatable bonds is 6. The highest BCUT2D eigenvalue weighted by Gasteiger charge is 2.07. The molecule has 0 bridgehead atoms. The van der Waals surface area contributed by atoms with Crippen molar-refractivity contribution in [1.82, 2.24) is 5.16 Å². The minimum Gasteiger partial charge on any atom is -0.481 e. The van der Waals surface area contributed by atoms with Gasteiger partial charge in [0.05, 0.1) is 5.69 Å². The van der Waals surface area contributed by atoms with Crippen LogP contribution >= 0.6 is 11.6 Å². The SMILES string of the molecule is Cc1cc(CCc2cc(CCC(=O)O)ccc2Cl)no1. The van der Waals surface area contributed by atoms with Crippen molar-refractivity contribution in [1.29, 1.82) is 0 Å². The van der Waals surface area contributed by atoms with E-state index in [1.807, 2.05) is 31.2 Å². The highest BCUT2D eigenvalue weighted by atomic mass is 35.5. The van der Waals surface area contributed by atoms with Crippen LogP contribution in [0.4, 0.5) is 0 Å². The van der Waals surface area contributed by atoms with Gasteiger partial charge >= 0.3 is 5.97 Å². The molecule has 1 heterocycles. The normalized spacial score (nSPS) is 10.7. The topological polar surface area (TPSA) is 63.3 Å². The van der Waals surface area contributed by atoms with Gasteiger partial charge in [-0.05, 0) is 43.4 Å². The van der Waals surface area contributed by atoms with E-state index in [4.69, 9.17) is 21.2 Å². The molecule has 0 radical (unpaired) electrons. The van der Waals surface area contributed by atoms with Crippen molar-refractivity contribution in [2.24, 2.45) is 0 Å². The number of carbonyl (C=O) groups is 1. The van der Waals surface area contributed by atoms with Gasteiger partial charge in [0.2, 0.25) is 0 Å². The summed E-state index contributed by atoms with van der Waals surface area (Å²) in [6, 6.07) is 7.57. The summed E-state index contributed by atoms with van der Waals surface area (Å²) in [6.07, 6.45) is 2.15. The lowest BCUT2D eigenvalue weighted by Gasteiger charge is -2.06. The molecule has 0 amide bonds. The number of hydrogen-bond donors (Lipinski definition) is 1. The van der Waals surface area contributed by atoms with Crippen LogP contribution in [0.3, 0.4) is 0 Å². The van der Waals surface area contributed by atoms with Gasteiger partial charge < -0.3 is 9.63 Å². The Balaban J connectivity index is 2.02. The predicted octanol–water partition coefficient (Wildman–Crippen LogP) is 3.44. The van der Waals surface area contributed by atoms with Gasteiger partial charge in [0.15, 0.2) is 0 Å². The molecule has 0 spiro atoms. The second kappa shape index (κ2) is 6.57. The molecule has 4 nitrogen and oxygen atoms in total. The van der Waals surface area contributed by atoms with Crippen molar-refractivity contribution in [2.45, 2.75) is 32.6 Å². The van der Waals surface area contributed by atoms with Crippen molar-refractivity contribution in [2.75, 3.05) is 0 Å². The molecular weight excluding hydrogens is 278 g/mol. The smallest absolute Gasteiger partial charge is 0.303 e. The van der Waals surface area contributed by atoms with Crippen LogP contribution < -0.4 is 0 Å². The number of halogens is 1. The maximum atomic E-state index is 10.6. The van der Waals surface area contributed by atoms with E-state index in [-0.39, 0.29) is 6.42 Å². The fraction of sp³-hybridized carbons (Fsp3) is 0.333. The van der Waals surface area contributed by atoms with Gasteiger partial charge in [-0.3, -0.25) is 4.79 Å².